The highest BCUT2D eigenvalue weighted by atomic mass is 35.5. The lowest BCUT2D eigenvalue weighted by Gasteiger charge is -2.24. The van der Waals surface area contributed by atoms with Gasteiger partial charge in [0, 0.05) is 12.6 Å². The molecule has 0 aromatic heterocycles. The lowest BCUT2D eigenvalue weighted by Crippen LogP contribution is -2.38. The summed E-state index contributed by atoms with van der Waals surface area (Å²) < 4.78 is 5.28. The fourth-order valence-electron chi connectivity index (χ4n) is 2.83. The van der Waals surface area contributed by atoms with Crippen molar-refractivity contribution in [2.45, 2.75) is 51.7 Å². The monoisotopic (exact) mass is 392 g/mol. The molecule has 0 heterocycles. The summed E-state index contributed by atoms with van der Waals surface area (Å²) in [5.74, 6) is 0.308. The molecule has 1 saturated carbocycles. The molecule has 0 radical (unpaired) electrons. The summed E-state index contributed by atoms with van der Waals surface area (Å²) in [5, 5.41) is 7.72. The van der Waals surface area contributed by atoms with Gasteiger partial charge in [0.05, 0.1) is 20.8 Å². The van der Waals surface area contributed by atoms with E-state index in [-0.39, 0.29) is 12.1 Å². The number of benzene rings is 1. The summed E-state index contributed by atoms with van der Waals surface area (Å²) in [6.45, 7) is 6.10. The molecular weight excluding hydrogens is 371 g/mol. The van der Waals surface area contributed by atoms with E-state index in [0.29, 0.717) is 27.5 Å². The molecule has 2 N–H and O–H groups in total. The minimum atomic E-state index is -0.495. The number of nitrogens with one attached hydrogen (secondary N) is 2. The number of amides is 1. The zero-order valence-corrected chi connectivity index (χ0v) is 16.4. The third kappa shape index (κ3) is 5.61. The standard InChI is InChI=1S/C17H23Cl3N2O2/c1-17(2,3)24-16(23)21-9-10-5-4-6-14(10)22-15-8-12(19)11(18)7-13(15)20/h7-8,10,14,22H,4-6,9H2,1-3H3,(H,21,23). The highest BCUT2D eigenvalue weighted by Crippen LogP contribution is 2.35. The van der Waals surface area contributed by atoms with Crippen molar-refractivity contribution in [3.05, 3.63) is 27.2 Å². The second-order valence-corrected chi connectivity index (χ2v) is 8.29. The quantitative estimate of drug-likeness (QED) is 0.640. The third-order valence-electron chi connectivity index (χ3n) is 3.92. The average molecular weight is 394 g/mol. The number of rotatable bonds is 4. The van der Waals surface area contributed by atoms with Gasteiger partial charge in [-0.25, -0.2) is 4.79 Å². The summed E-state index contributed by atoms with van der Waals surface area (Å²) in [5.41, 5.74) is 0.269. The molecule has 1 aliphatic rings. The van der Waals surface area contributed by atoms with Crippen LogP contribution < -0.4 is 10.6 Å². The van der Waals surface area contributed by atoms with Crippen molar-refractivity contribution >= 4 is 46.6 Å². The summed E-state index contributed by atoms with van der Waals surface area (Å²) in [4.78, 5) is 11.8. The Labute approximate surface area is 158 Å². The number of ether oxygens (including phenoxy) is 1. The first kappa shape index (κ1) is 19.5. The van der Waals surface area contributed by atoms with Gasteiger partial charge in [-0.05, 0) is 51.7 Å². The van der Waals surface area contributed by atoms with Crippen LogP contribution >= 0.6 is 34.8 Å². The second kappa shape index (κ2) is 8.03. The lowest BCUT2D eigenvalue weighted by molar-refractivity contribution is 0.0519. The highest BCUT2D eigenvalue weighted by Gasteiger charge is 2.28. The molecule has 4 nitrogen and oxygen atoms in total. The number of carbonyl (C=O) groups excluding carboxylic acids is 1. The maximum Gasteiger partial charge on any atom is 0.407 e. The van der Waals surface area contributed by atoms with E-state index in [9.17, 15) is 4.79 Å². The van der Waals surface area contributed by atoms with Crippen LogP contribution in [0.5, 0.6) is 0 Å². The van der Waals surface area contributed by atoms with E-state index >= 15 is 0 Å². The van der Waals surface area contributed by atoms with Crippen LogP contribution in [-0.4, -0.2) is 24.3 Å². The Morgan fingerprint density at radius 2 is 1.83 bits per heavy atom. The number of hydrogen-bond acceptors (Lipinski definition) is 3. The van der Waals surface area contributed by atoms with Crippen LogP contribution in [0.1, 0.15) is 40.0 Å². The van der Waals surface area contributed by atoms with E-state index in [4.69, 9.17) is 39.5 Å². The molecule has 0 saturated heterocycles. The van der Waals surface area contributed by atoms with Crippen molar-refractivity contribution in [3.63, 3.8) is 0 Å². The van der Waals surface area contributed by atoms with Crippen molar-refractivity contribution in [1.29, 1.82) is 0 Å². The van der Waals surface area contributed by atoms with Crippen molar-refractivity contribution in [3.8, 4) is 0 Å². The molecule has 1 aliphatic carbocycles. The van der Waals surface area contributed by atoms with Gasteiger partial charge < -0.3 is 15.4 Å². The van der Waals surface area contributed by atoms with Crippen LogP contribution in [0.3, 0.4) is 0 Å². The summed E-state index contributed by atoms with van der Waals surface area (Å²) in [6.07, 6.45) is 2.75. The molecule has 1 fully saturated rings. The molecule has 0 bridgehead atoms. The van der Waals surface area contributed by atoms with Gasteiger partial charge in [0.2, 0.25) is 0 Å². The molecule has 1 amide bonds. The van der Waals surface area contributed by atoms with Crippen molar-refractivity contribution in [1.82, 2.24) is 5.32 Å². The molecule has 1 aromatic carbocycles. The molecule has 7 heteroatoms. The van der Waals surface area contributed by atoms with Gasteiger partial charge in [-0.15, -0.1) is 0 Å². The van der Waals surface area contributed by atoms with Crippen LogP contribution in [0.4, 0.5) is 10.5 Å². The summed E-state index contributed by atoms with van der Waals surface area (Å²) in [6, 6.07) is 3.59. The van der Waals surface area contributed by atoms with Gasteiger partial charge in [0.15, 0.2) is 0 Å². The largest absolute Gasteiger partial charge is 0.444 e. The fraction of sp³-hybridized carbons (Fsp3) is 0.588. The van der Waals surface area contributed by atoms with Gasteiger partial charge in [0.1, 0.15) is 5.60 Å². The number of alkyl carbamates (subject to hydrolysis) is 1. The Bertz CT molecular complexity index is 602. The minimum Gasteiger partial charge on any atom is -0.444 e. The third-order valence-corrected chi connectivity index (χ3v) is 4.95. The normalized spacial score (nSPS) is 20.8. The SMILES string of the molecule is CC(C)(C)OC(=O)NCC1CCCC1Nc1cc(Cl)c(Cl)cc1Cl. The van der Waals surface area contributed by atoms with E-state index in [1.165, 1.54) is 0 Å². The molecule has 24 heavy (non-hydrogen) atoms. The zero-order valence-electron chi connectivity index (χ0n) is 14.1. The fourth-order valence-corrected chi connectivity index (χ4v) is 3.43. The summed E-state index contributed by atoms with van der Waals surface area (Å²) in [7, 11) is 0. The van der Waals surface area contributed by atoms with E-state index < -0.39 is 5.60 Å². The van der Waals surface area contributed by atoms with Crippen LogP contribution in [0.15, 0.2) is 12.1 Å². The molecule has 2 rings (SSSR count). The Kier molecular flexibility index (Phi) is 6.52. The molecule has 0 aliphatic heterocycles. The average Bonchev–Trinajstić information content (AvgIpc) is 2.88. The lowest BCUT2D eigenvalue weighted by atomic mass is 10.0. The first-order valence-electron chi connectivity index (χ1n) is 8.03. The number of anilines is 1. The van der Waals surface area contributed by atoms with Crippen molar-refractivity contribution < 1.29 is 9.53 Å². The summed E-state index contributed by atoms with van der Waals surface area (Å²) >= 11 is 18.3. The molecule has 2 atom stereocenters. The second-order valence-electron chi connectivity index (χ2n) is 7.07. The predicted octanol–water partition coefficient (Wildman–Crippen LogP) is 5.75. The smallest absolute Gasteiger partial charge is 0.407 e. The zero-order chi connectivity index (χ0) is 17.9. The van der Waals surface area contributed by atoms with E-state index in [0.717, 1.165) is 24.9 Å². The first-order chi connectivity index (χ1) is 11.2. The first-order valence-corrected chi connectivity index (χ1v) is 9.17. The number of halogens is 3. The van der Waals surface area contributed by atoms with Crippen molar-refractivity contribution in [2.24, 2.45) is 5.92 Å². The molecule has 1 aromatic rings. The van der Waals surface area contributed by atoms with Gasteiger partial charge in [-0.1, -0.05) is 41.2 Å². The Morgan fingerprint density at radius 3 is 2.50 bits per heavy atom. The number of carbonyl (C=O) groups is 1. The van der Waals surface area contributed by atoms with E-state index in [1.54, 1.807) is 12.1 Å². The van der Waals surface area contributed by atoms with Gasteiger partial charge >= 0.3 is 6.09 Å². The van der Waals surface area contributed by atoms with E-state index in [1.807, 2.05) is 20.8 Å². The molecular formula is C17H23Cl3N2O2. The maximum absolute atomic E-state index is 11.8. The topological polar surface area (TPSA) is 50.4 Å². The van der Waals surface area contributed by atoms with Crippen molar-refractivity contribution in [2.75, 3.05) is 11.9 Å². The molecule has 0 spiro atoms. The van der Waals surface area contributed by atoms with Crippen LogP contribution in [0.2, 0.25) is 15.1 Å². The van der Waals surface area contributed by atoms with Crippen LogP contribution in [0, 0.1) is 5.92 Å². The minimum absolute atomic E-state index is 0.217. The molecule has 134 valence electrons. The predicted molar refractivity (Wildman–Crippen MR) is 100 cm³/mol. The van der Waals surface area contributed by atoms with Gasteiger partial charge in [-0.2, -0.15) is 0 Å². The van der Waals surface area contributed by atoms with Gasteiger partial charge in [-0.3, -0.25) is 0 Å². The van der Waals surface area contributed by atoms with Crippen LogP contribution in [-0.2, 0) is 4.74 Å². The van der Waals surface area contributed by atoms with E-state index in [2.05, 4.69) is 10.6 Å². The van der Waals surface area contributed by atoms with Gasteiger partial charge in [0.25, 0.3) is 0 Å². The Morgan fingerprint density at radius 1 is 1.17 bits per heavy atom. The highest BCUT2D eigenvalue weighted by molar-refractivity contribution is 6.44. The molecule has 2 unspecified atom stereocenters. The number of hydrogen-bond donors (Lipinski definition) is 2. The van der Waals surface area contributed by atoms with Crippen LogP contribution in [0.25, 0.3) is 0 Å². The Hall–Kier alpha value is -0.840. The maximum atomic E-state index is 11.8. The Balaban J connectivity index is 1.94.